The van der Waals surface area contributed by atoms with Crippen molar-refractivity contribution in [2.75, 3.05) is 5.32 Å². The van der Waals surface area contributed by atoms with Crippen LogP contribution >= 0.6 is 0 Å². The fourth-order valence-electron chi connectivity index (χ4n) is 3.03. The van der Waals surface area contributed by atoms with Gasteiger partial charge in [-0.1, -0.05) is 0 Å². The number of nitrogens with one attached hydrogen (secondary N) is 1. The number of ether oxygens (including phenoxy) is 1. The van der Waals surface area contributed by atoms with E-state index >= 15 is 0 Å². The predicted molar refractivity (Wildman–Crippen MR) is 72.9 cm³/mol. The molecule has 2 saturated carbocycles. The van der Waals surface area contributed by atoms with Crippen molar-refractivity contribution in [1.82, 2.24) is 9.78 Å². The molecule has 2 fully saturated rings. The zero-order valence-electron chi connectivity index (χ0n) is 12.7. The molecule has 0 unspecified atom stereocenters. The van der Waals surface area contributed by atoms with Gasteiger partial charge in [0.2, 0.25) is 5.92 Å². The SMILES string of the molecule is Cc1c(C2CC(F)(F)C2)nn(C)c1NC(=O)OC1CC(F)(F)C1. The summed E-state index contributed by atoms with van der Waals surface area (Å²) >= 11 is 0. The molecule has 23 heavy (non-hydrogen) atoms. The Morgan fingerprint density at radius 1 is 1.22 bits per heavy atom. The number of anilines is 1. The lowest BCUT2D eigenvalue weighted by Crippen LogP contribution is -2.43. The molecule has 0 radical (unpaired) electrons. The van der Waals surface area contributed by atoms with Crippen LogP contribution in [0.3, 0.4) is 0 Å². The van der Waals surface area contributed by atoms with E-state index in [0.717, 1.165) is 0 Å². The molecule has 2 aliphatic rings. The fourth-order valence-corrected chi connectivity index (χ4v) is 3.03. The Labute approximate surface area is 130 Å². The van der Waals surface area contributed by atoms with E-state index in [4.69, 9.17) is 4.74 Å². The average Bonchev–Trinajstić information content (AvgIpc) is 2.61. The number of rotatable bonds is 3. The number of hydrogen-bond acceptors (Lipinski definition) is 3. The normalized spacial score (nSPS) is 23.0. The fraction of sp³-hybridized carbons (Fsp3) is 0.714. The third-order valence-electron chi connectivity index (χ3n) is 4.34. The molecule has 1 N–H and O–H groups in total. The Bertz CT molecular complexity index is 628. The first-order chi connectivity index (χ1) is 10.6. The van der Waals surface area contributed by atoms with E-state index in [1.807, 2.05) is 0 Å². The standard InChI is InChI=1S/C14H17F4N3O2/c1-7-10(8-3-13(15,16)4-8)20-21(2)11(7)19-12(22)23-9-5-14(17,18)6-9/h8-9H,3-6H2,1-2H3,(H,19,22). The second kappa shape index (κ2) is 5.10. The predicted octanol–water partition coefficient (Wildman–Crippen LogP) is 3.59. The lowest BCUT2D eigenvalue weighted by Gasteiger charge is -2.34. The van der Waals surface area contributed by atoms with Crippen LogP contribution in [-0.2, 0) is 11.8 Å². The molecule has 1 aromatic rings. The summed E-state index contributed by atoms with van der Waals surface area (Å²) in [6, 6.07) is 0. The van der Waals surface area contributed by atoms with Crippen molar-refractivity contribution < 1.29 is 27.1 Å². The van der Waals surface area contributed by atoms with Crippen molar-refractivity contribution >= 4 is 11.9 Å². The van der Waals surface area contributed by atoms with Gasteiger partial charge in [-0.2, -0.15) is 5.10 Å². The molecule has 1 heterocycles. The monoisotopic (exact) mass is 335 g/mol. The molecular weight excluding hydrogens is 318 g/mol. The van der Waals surface area contributed by atoms with Crippen LogP contribution < -0.4 is 5.32 Å². The van der Waals surface area contributed by atoms with Gasteiger partial charge in [0.1, 0.15) is 11.9 Å². The number of alkyl halides is 4. The maximum Gasteiger partial charge on any atom is 0.413 e. The smallest absolute Gasteiger partial charge is 0.413 e. The third kappa shape index (κ3) is 3.13. The van der Waals surface area contributed by atoms with Crippen molar-refractivity contribution in [1.29, 1.82) is 0 Å². The molecule has 5 nitrogen and oxygen atoms in total. The first-order valence-electron chi connectivity index (χ1n) is 7.33. The minimum Gasteiger partial charge on any atom is -0.445 e. The van der Waals surface area contributed by atoms with Gasteiger partial charge in [-0.25, -0.2) is 22.4 Å². The number of carbonyl (C=O) groups excluding carboxylic acids is 1. The van der Waals surface area contributed by atoms with Crippen LogP contribution in [0.4, 0.5) is 28.2 Å². The molecular formula is C14H17F4N3O2. The van der Waals surface area contributed by atoms with Crippen molar-refractivity contribution in [2.45, 2.75) is 56.5 Å². The molecule has 0 aromatic carbocycles. The van der Waals surface area contributed by atoms with Gasteiger partial charge in [0.05, 0.1) is 5.69 Å². The Hall–Kier alpha value is -1.80. The number of amides is 1. The molecule has 0 bridgehead atoms. The van der Waals surface area contributed by atoms with Gasteiger partial charge in [0.15, 0.2) is 0 Å². The van der Waals surface area contributed by atoms with E-state index in [2.05, 4.69) is 10.4 Å². The molecule has 1 amide bonds. The zero-order valence-corrected chi connectivity index (χ0v) is 12.7. The van der Waals surface area contributed by atoms with Crippen LogP contribution in [0.25, 0.3) is 0 Å². The second-order valence-corrected chi connectivity index (χ2v) is 6.36. The first kappa shape index (κ1) is 16.1. The average molecular weight is 335 g/mol. The summed E-state index contributed by atoms with van der Waals surface area (Å²) in [6.07, 6.45) is -3.12. The van der Waals surface area contributed by atoms with Crippen LogP contribution in [0.5, 0.6) is 0 Å². The molecule has 0 aliphatic heterocycles. The van der Waals surface area contributed by atoms with Crippen LogP contribution in [0.2, 0.25) is 0 Å². The van der Waals surface area contributed by atoms with E-state index < -0.39 is 36.9 Å². The Morgan fingerprint density at radius 2 is 1.78 bits per heavy atom. The lowest BCUT2D eigenvalue weighted by molar-refractivity contribution is -0.142. The summed E-state index contributed by atoms with van der Waals surface area (Å²) in [6.45, 7) is 1.67. The number of nitrogens with zero attached hydrogens (tertiary/aromatic N) is 2. The third-order valence-corrected chi connectivity index (χ3v) is 4.34. The minimum atomic E-state index is -2.77. The molecule has 2 aliphatic carbocycles. The van der Waals surface area contributed by atoms with E-state index in [1.165, 1.54) is 4.68 Å². The summed E-state index contributed by atoms with van der Waals surface area (Å²) < 4.78 is 57.7. The van der Waals surface area contributed by atoms with Gasteiger partial charge in [0, 0.05) is 44.2 Å². The molecule has 3 rings (SSSR count). The molecule has 0 atom stereocenters. The van der Waals surface area contributed by atoms with Gasteiger partial charge in [0.25, 0.3) is 5.92 Å². The summed E-state index contributed by atoms with van der Waals surface area (Å²) in [4.78, 5) is 11.8. The number of hydrogen-bond donors (Lipinski definition) is 1. The summed E-state index contributed by atoms with van der Waals surface area (Å²) in [5, 5.41) is 6.64. The van der Waals surface area contributed by atoms with Crippen LogP contribution in [0, 0.1) is 6.92 Å². The molecule has 1 aromatic heterocycles. The highest BCUT2D eigenvalue weighted by Gasteiger charge is 2.48. The van der Waals surface area contributed by atoms with Gasteiger partial charge >= 0.3 is 6.09 Å². The van der Waals surface area contributed by atoms with Crippen molar-refractivity contribution in [3.8, 4) is 0 Å². The quantitative estimate of drug-likeness (QED) is 0.859. The van der Waals surface area contributed by atoms with Crippen molar-refractivity contribution in [3.63, 3.8) is 0 Å². The Balaban J connectivity index is 1.62. The zero-order chi connectivity index (χ0) is 17.0. The highest BCUT2D eigenvalue weighted by Crippen LogP contribution is 2.49. The van der Waals surface area contributed by atoms with Crippen molar-refractivity contribution in [3.05, 3.63) is 11.3 Å². The van der Waals surface area contributed by atoms with Crippen LogP contribution in [-0.4, -0.2) is 33.8 Å². The highest BCUT2D eigenvalue weighted by molar-refractivity contribution is 5.84. The van der Waals surface area contributed by atoms with E-state index in [1.54, 1.807) is 14.0 Å². The van der Waals surface area contributed by atoms with E-state index in [9.17, 15) is 22.4 Å². The van der Waals surface area contributed by atoms with Gasteiger partial charge in [-0.15, -0.1) is 0 Å². The molecule has 0 spiro atoms. The summed E-state index contributed by atoms with van der Waals surface area (Å²) in [5.74, 6) is -5.44. The molecule has 9 heteroatoms. The maximum absolute atomic E-state index is 13.0. The number of aromatic nitrogens is 2. The van der Waals surface area contributed by atoms with Gasteiger partial charge in [-0.05, 0) is 6.92 Å². The second-order valence-electron chi connectivity index (χ2n) is 6.36. The number of halogens is 4. The maximum atomic E-state index is 13.0. The van der Waals surface area contributed by atoms with Crippen LogP contribution in [0.15, 0.2) is 0 Å². The van der Waals surface area contributed by atoms with E-state index in [-0.39, 0.29) is 18.8 Å². The minimum absolute atomic E-state index is 0.258. The van der Waals surface area contributed by atoms with Gasteiger partial charge < -0.3 is 4.74 Å². The molecule has 0 saturated heterocycles. The largest absolute Gasteiger partial charge is 0.445 e. The number of aryl methyl sites for hydroxylation is 1. The molecule has 128 valence electrons. The van der Waals surface area contributed by atoms with Gasteiger partial charge in [-0.3, -0.25) is 10.00 Å². The van der Waals surface area contributed by atoms with Crippen LogP contribution in [0.1, 0.15) is 42.9 Å². The Morgan fingerprint density at radius 3 is 2.30 bits per heavy atom. The topological polar surface area (TPSA) is 56.2 Å². The highest BCUT2D eigenvalue weighted by atomic mass is 19.3. The van der Waals surface area contributed by atoms with Crippen molar-refractivity contribution in [2.24, 2.45) is 7.05 Å². The number of carbonyl (C=O) groups is 1. The Kier molecular flexibility index (Phi) is 3.57. The van der Waals surface area contributed by atoms with E-state index in [0.29, 0.717) is 17.1 Å². The summed E-state index contributed by atoms with van der Waals surface area (Å²) in [5.41, 5.74) is 1.10. The lowest BCUT2D eigenvalue weighted by atomic mass is 9.78. The summed E-state index contributed by atoms with van der Waals surface area (Å²) in [7, 11) is 1.57. The first-order valence-corrected chi connectivity index (χ1v) is 7.33.